The number of hydrogen-bond acceptors (Lipinski definition) is 5. The van der Waals surface area contributed by atoms with E-state index in [0.29, 0.717) is 17.9 Å². The summed E-state index contributed by atoms with van der Waals surface area (Å²) in [4.78, 5) is 11.3. The van der Waals surface area contributed by atoms with Gasteiger partial charge in [0.2, 0.25) is 10.0 Å². The Labute approximate surface area is 165 Å². The number of hydrogen-bond donors (Lipinski definition) is 4. The molecule has 0 aliphatic heterocycles. The molecule has 0 unspecified atom stereocenters. The highest BCUT2D eigenvalue weighted by atomic mass is 32.2. The predicted octanol–water partition coefficient (Wildman–Crippen LogP) is 3.39. The summed E-state index contributed by atoms with van der Waals surface area (Å²) >= 11 is 0. The maximum atomic E-state index is 12.2. The van der Waals surface area contributed by atoms with Crippen LogP contribution in [0.15, 0.2) is 47.4 Å². The van der Waals surface area contributed by atoms with Gasteiger partial charge in [-0.25, -0.2) is 18.4 Å². The zero-order valence-corrected chi connectivity index (χ0v) is 16.3. The molecule has 8 heteroatoms. The summed E-state index contributed by atoms with van der Waals surface area (Å²) < 4.78 is 24.4. The van der Waals surface area contributed by atoms with Crippen molar-refractivity contribution >= 4 is 27.4 Å². The van der Waals surface area contributed by atoms with Gasteiger partial charge in [-0.3, -0.25) is 0 Å². The molecule has 0 heterocycles. The molecule has 0 saturated heterocycles. The normalized spacial score (nSPS) is 15.2. The number of carboxylic acid groups (broad SMARTS) is 1. The predicted molar refractivity (Wildman–Crippen MR) is 109 cm³/mol. The van der Waals surface area contributed by atoms with Crippen molar-refractivity contribution in [3.05, 3.63) is 53.6 Å². The third-order valence-electron chi connectivity index (χ3n) is 4.94. The Morgan fingerprint density at radius 3 is 2.39 bits per heavy atom. The number of anilines is 2. The maximum absolute atomic E-state index is 12.2. The Balaban J connectivity index is 2.01. The molecule has 0 bridgehead atoms. The highest BCUT2D eigenvalue weighted by Crippen LogP contribution is 2.34. The number of nitrogens with one attached hydrogen (secondary N) is 2. The molecule has 7 nitrogen and oxygen atoms in total. The fraction of sp³-hybridized carbons (Fsp3) is 0.350. The van der Waals surface area contributed by atoms with Crippen LogP contribution in [0.2, 0.25) is 0 Å². The van der Waals surface area contributed by atoms with Crippen LogP contribution in [-0.2, 0) is 16.6 Å². The molecule has 0 amide bonds. The topological polar surface area (TPSA) is 122 Å². The van der Waals surface area contributed by atoms with Crippen molar-refractivity contribution in [2.24, 2.45) is 5.14 Å². The first-order valence-electron chi connectivity index (χ1n) is 9.33. The van der Waals surface area contributed by atoms with Crippen LogP contribution in [0.4, 0.5) is 11.4 Å². The molecular formula is C20H25N3O4S. The van der Waals surface area contributed by atoms with E-state index in [0.717, 1.165) is 43.7 Å². The Kier molecular flexibility index (Phi) is 6.21. The first kappa shape index (κ1) is 20.2. The van der Waals surface area contributed by atoms with Crippen molar-refractivity contribution in [2.45, 2.75) is 49.6 Å². The van der Waals surface area contributed by atoms with Crippen molar-refractivity contribution in [3.63, 3.8) is 0 Å². The lowest BCUT2D eigenvalue weighted by atomic mass is 9.95. The van der Waals surface area contributed by atoms with E-state index in [2.05, 4.69) is 10.6 Å². The first-order valence-corrected chi connectivity index (χ1v) is 10.9. The Morgan fingerprint density at radius 2 is 1.79 bits per heavy atom. The fourth-order valence-corrected chi connectivity index (χ4v) is 4.24. The van der Waals surface area contributed by atoms with Crippen LogP contribution >= 0.6 is 0 Å². The highest BCUT2D eigenvalue weighted by Gasteiger charge is 2.24. The molecule has 3 rings (SSSR count). The zero-order valence-electron chi connectivity index (χ0n) is 15.5. The van der Waals surface area contributed by atoms with Crippen LogP contribution in [0.1, 0.15) is 48.0 Å². The van der Waals surface area contributed by atoms with E-state index in [1.807, 2.05) is 30.3 Å². The lowest BCUT2D eigenvalue weighted by molar-refractivity contribution is 0.0696. The fourth-order valence-electron chi connectivity index (χ4n) is 3.50. The summed E-state index contributed by atoms with van der Waals surface area (Å²) in [6, 6.07) is 12.3. The van der Waals surface area contributed by atoms with E-state index >= 15 is 0 Å². The van der Waals surface area contributed by atoms with Gasteiger partial charge in [0.1, 0.15) is 4.90 Å². The molecule has 0 radical (unpaired) electrons. The van der Waals surface area contributed by atoms with Crippen LogP contribution in [0, 0.1) is 0 Å². The number of nitrogens with two attached hydrogens (primary N) is 1. The van der Waals surface area contributed by atoms with Gasteiger partial charge in [0.15, 0.2) is 0 Å². The average Bonchev–Trinajstić information content (AvgIpc) is 2.67. The monoisotopic (exact) mass is 403 g/mol. The third kappa shape index (κ3) is 5.02. The number of aromatic carboxylic acids is 1. The van der Waals surface area contributed by atoms with Crippen molar-refractivity contribution in [3.8, 4) is 0 Å². The average molecular weight is 404 g/mol. The van der Waals surface area contributed by atoms with Crippen molar-refractivity contribution in [1.29, 1.82) is 0 Å². The summed E-state index contributed by atoms with van der Waals surface area (Å²) in [5.41, 5.74) is 1.62. The quantitative estimate of drug-likeness (QED) is 0.562. The van der Waals surface area contributed by atoms with Crippen LogP contribution in [0.3, 0.4) is 0 Å². The van der Waals surface area contributed by atoms with Crippen LogP contribution < -0.4 is 15.8 Å². The minimum atomic E-state index is -4.11. The number of carboxylic acids is 1. The number of primary sulfonamides is 1. The highest BCUT2D eigenvalue weighted by molar-refractivity contribution is 7.89. The molecule has 0 spiro atoms. The van der Waals surface area contributed by atoms with Crippen LogP contribution in [0.5, 0.6) is 0 Å². The van der Waals surface area contributed by atoms with Gasteiger partial charge in [0.25, 0.3) is 0 Å². The largest absolute Gasteiger partial charge is 0.478 e. The van der Waals surface area contributed by atoms with Crippen LogP contribution in [0.25, 0.3) is 0 Å². The Hall–Kier alpha value is -2.58. The molecule has 28 heavy (non-hydrogen) atoms. The molecule has 1 aliphatic carbocycles. The van der Waals surface area contributed by atoms with E-state index in [9.17, 15) is 18.3 Å². The molecule has 1 fully saturated rings. The van der Waals surface area contributed by atoms with E-state index in [1.54, 1.807) is 0 Å². The standard InChI is InChI=1S/C20H25N3O4S/c21-28(26,27)18-12-15(20(24)25)11-17(22-13-14-7-3-1-4-8-14)19(18)23-16-9-5-2-6-10-16/h1,3-4,7-8,11-12,16,22-23H,2,5-6,9-10,13H2,(H,24,25)(H2,21,26,27). The molecular weight excluding hydrogens is 378 g/mol. The summed E-state index contributed by atoms with van der Waals surface area (Å²) in [5.74, 6) is -1.21. The van der Waals surface area contributed by atoms with Gasteiger partial charge in [-0.05, 0) is 30.5 Å². The SMILES string of the molecule is NS(=O)(=O)c1cc(C(=O)O)cc(NCc2ccccc2)c1NC1CCCCC1. The molecule has 2 aromatic carbocycles. The molecule has 1 aliphatic rings. The minimum absolute atomic E-state index is 0.127. The summed E-state index contributed by atoms with van der Waals surface area (Å²) in [6.07, 6.45) is 5.17. The van der Waals surface area contributed by atoms with Gasteiger partial charge < -0.3 is 15.7 Å². The second kappa shape index (κ2) is 8.62. The Morgan fingerprint density at radius 1 is 1.11 bits per heavy atom. The molecule has 0 aromatic heterocycles. The lowest BCUT2D eigenvalue weighted by Crippen LogP contribution is -2.26. The van der Waals surface area contributed by atoms with Crippen molar-refractivity contribution in [2.75, 3.05) is 10.6 Å². The van der Waals surface area contributed by atoms with Crippen molar-refractivity contribution < 1.29 is 18.3 Å². The van der Waals surface area contributed by atoms with Gasteiger partial charge >= 0.3 is 5.97 Å². The van der Waals surface area contributed by atoms with Gasteiger partial charge in [-0.2, -0.15) is 0 Å². The molecule has 2 aromatic rings. The van der Waals surface area contributed by atoms with Crippen molar-refractivity contribution in [1.82, 2.24) is 0 Å². The van der Waals surface area contributed by atoms with E-state index in [1.165, 1.54) is 6.07 Å². The molecule has 5 N–H and O–H groups in total. The minimum Gasteiger partial charge on any atom is -0.478 e. The molecule has 1 saturated carbocycles. The second-order valence-corrected chi connectivity index (χ2v) is 8.60. The number of carbonyl (C=O) groups is 1. The Bertz CT molecular complexity index is 939. The van der Waals surface area contributed by atoms with E-state index in [4.69, 9.17) is 5.14 Å². The van der Waals surface area contributed by atoms with Gasteiger partial charge in [-0.1, -0.05) is 49.6 Å². The first-order chi connectivity index (χ1) is 13.3. The molecule has 150 valence electrons. The number of benzene rings is 2. The smallest absolute Gasteiger partial charge is 0.335 e. The summed E-state index contributed by atoms with van der Waals surface area (Å²) in [5, 5.41) is 21.3. The summed E-state index contributed by atoms with van der Waals surface area (Å²) in [7, 11) is -4.11. The van der Waals surface area contributed by atoms with Crippen LogP contribution in [-0.4, -0.2) is 25.5 Å². The zero-order chi connectivity index (χ0) is 20.1. The van der Waals surface area contributed by atoms with Gasteiger partial charge in [0.05, 0.1) is 16.9 Å². The van der Waals surface area contributed by atoms with Gasteiger partial charge in [0, 0.05) is 12.6 Å². The van der Waals surface area contributed by atoms with E-state index < -0.39 is 16.0 Å². The second-order valence-electron chi connectivity index (χ2n) is 7.07. The molecule has 0 atom stereocenters. The third-order valence-corrected chi connectivity index (χ3v) is 5.87. The lowest BCUT2D eigenvalue weighted by Gasteiger charge is -2.27. The van der Waals surface area contributed by atoms with E-state index in [-0.39, 0.29) is 16.5 Å². The maximum Gasteiger partial charge on any atom is 0.335 e. The number of rotatable bonds is 7. The number of sulfonamides is 1. The summed E-state index contributed by atoms with van der Waals surface area (Å²) in [6.45, 7) is 0.424. The van der Waals surface area contributed by atoms with Gasteiger partial charge in [-0.15, -0.1) is 0 Å².